The summed E-state index contributed by atoms with van der Waals surface area (Å²) in [5, 5.41) is 15.9. The molecule has 1 amide bonds. The summed E-state index contributed by atoms with van der Waals surface area (Å²) in [6.07, 6.45) is 2.36. The number of hydrogen-bond donors (Lipinski definition) is 2. The van der Waals surface area contributed by atoms with E-state index in [2.05, 4.69) is 15.7 Å². The number of nitrogens with zero attached hydrogens (tertiary/aromatic N) is 3. The number of nitrogens with one attached hydrogen (secondary N) is 1. The van der Waals surface area contributed by atoms with E-state index in [4.69, 9.17) is 10.5 Å². The first-order valence-corrected chi connectivity index (χ1v) is 3.70. The Morgan fingerprint density at radius 1 is 1.60 bits per heavy atom. The standard InChI is InChI=1S/C5H3N3O.C3H4N2O/c6-1-4-2-7-5(9)8-3-4;4-2-1-3(5)6/h2-3H,(H,7,8,9);1H2,(H2,5,6). The van der Waals surface area contributed by atoms with Crippen LogP contribution in [0.2, 0.25) is 0 Å². The lowest BCUT2D eigenvalue weighted by Crippen LogP contribution is -2.07. The summed E-state index contributed by atoms with van der Waals surface area (Å²) in [7, 11) is 0. The Kier molecular flexibility index (Phi) is 5.59. The van der Waals surface area contributed by atoms with Crippen molar-refractivity contribution in [3.63, 3.8) is 0 Å². The molecular weight excluding hydrogens is 198 g/mol. The van der Waals surface area contributed by atoms with Gasteiger partial charge >= 0.3 is 5.69 Å². The van der Waals surface area contributed by atoms with Gasteiger partial charge in [-0.15, -0.1) is 0 Å². The number of H-pyrrole nitrogens is 1. The minimum atomic E-state index is -0.572. The molecular formula is C8H7N5O2. The van der Waals surface area contributed by atoms with Crippen molar-refractivity contribution >= 4 is 5.91 Å². The Balaban J connectivity index is 0.000000288. The van der Waals surface area contributed by atoms with E-state index in [1.54, 1.807) is 6.07 Å². The molecule has 0 unspecified atom stereocenters. The van der Waals surface area contributed by atoms with Crippen LogP contribution in [0.1, 0.15) is 12.0 Å². The Morgan fingerprint density at radius 3 is 2.53 bits per heavy atom. The van der Waals surface area contributed by atoms with Crippen LogP contribution in [0.25, 0.3) is 0 Å². The number of primary amides is 1. The van der Waals surface area contributed by atoms with E-state index in [9.17, 15) is 9.59 Å². The number of amides is 1. The maximum atomic E-state index is 10.3. The van der Waals surface area contributed by atoms with Crippen LogP contribution in [-0.2, 0) is 4.79 Å². The normalized spacial score (nSPS) is 7.60. The van der Waals surface area contributed by atoms with Gasteiger partial charge in [0.05, 0.1) is 17.8 Å². The van der Waals surface area contributed by atoms with Gasteiger partial charge < -0.3 is 10.7 Å². The molecule has 0 aromatic carbocycles. The van der Waals surface area contributed by atoms with Crippen molar-refractivity contribution in [3.8, 4) is 12.1 Å². The molecule has 1 aromatic heterocycles. The van der Waals surface area contributed by atoms with Gasteiger partial charge in [0.2, 0.25) is 5.91 Å². The minimum absolute atomic E-state index is 0.181. The van der Waals surface area contributed by atoms with E-state index in [0.29, 0.717) is 5.56 Å². The van der Waals surface area contributed by atoms with E-state index in [1.807, 2.05) is 6.07 Å². The fourth-order valence-electron chi connectivity index (χ4n) is 0.481. The van der Waals surface area contributed by atoms with E-state index in [-0.39, 0.29) is 6.42 Å². The Hall–Kier alpha value is -2.67. The smallest absolute Gasteiger partial charge is 0.344 e. The third-order valence-electron chi connectivity index (χ3n) is 1.05. The Bertz CT molecular complexity index is 445. The second kappa shape index (κ2) is 6.80. The zero-order valence-electron chi connectivity index (χ0n) is 7.60. The molecule has 0 radical (unpaired) electrons. The van der Waals surface area contributed by atoms with Gasteiger partial charge in [-0.25, -0.2) is 9.78 Å². The van der Waals surface area contributed by atoms with Crippen molar-refractivity contribution in [2.45, 2.75) is 6.42 Å². The van der Waals surface area contributed by atoms with Gasteiger partial charge in [-0.3, -0.25) is 4.79 Å². The van der Waals surface area contributed by atoms with Gasteiger partial charge in [-0.1, -0.05) is 0 Å². The summed E-state index contributed by atoms with van der Waals surface area (Å²) in [5.41, 5.74) is 4.46. The lowest BCUT2D eigenvalue weighted by Gasteiger charge is -1.80. The van der Waals surface area contributed by atoms with Crippen LogP contribution in [0.5, 0.6) is 0 Å². The van der Waals surface area contributed by atoms with Gasteiger partial charge in [0, 0.05) is 6.20 Å². The number of carbonyl (C=O) groups excluding carboxylic acids is 1. The van der Waals surface area contributed by atoms with Crippen molar-refractivity contribution in [2.75, 3.05) is 0 Å². The number of aromatic nitrogens is 2. The zero-order valence-corrected chi connectivity index (χ0v) is 7.60. The summed E-state index contributed by atoms with van der Waals surface area (Å²) in [5.74, 6) is -0.572. The van der Waals surface area contributed by atoms with Crippen LogP contribution < -0.4 is 11.4 Å². The number of carbonyl (C=O) groups is 1. The average Bonchev–Trinajstić information content (AvgIpc) is 2.20. The van der Waals surface area contributed by atoms with E-state index in [1.165, 1.54) is 12.4 Å². The molecule has 1 heterocycles. The van der Waals surface area contributed by atoms with Gasteiger partial charge in [0.1, 0.15) is 12.5 Å². The number of hydrogen-bond acceptors (Lipinski definition) is 5. The summed E-state index contributed by atoms with van der Waals surface area (Å²) >= 11 is 0. The largest absolute Gasteiger partial charge is 0.369 e. The Morgan fingerprint density at radius 2 is 2.27 bits per heavy atom. The first-order valence-electron chi connectivity index (χ1n) is 3.70. The van der Waals surface area contributed by atoms with E-state index < -0.39 is 11.6 Å². The number of nitriles is 2. The van der Waals surface area contributed by atoms with Crippen molar-refractivity contribution in [2.24, 2.45) is 5.73 Å². The van der Waals surface area contributed by atoms with Crippen molar-refractivity contribution in [1.29, 1.82) is 10.5 Å². The molecule has 0 atom stereocenters. The second-order valence-corrected chi connectivity index (χ2v) is 2.22. The fourth-order valence-corrected chi connectivity index (χ4v) is 0.481. The van der Waals surface area contributed by atoms with Crippen LogP contribution in [0.4, 0.5) is 0 Å². The summed E-state index contributed by atoms with van der Waals surface area (Å²) in [6.45, 7) is 0. The topological polar surface area (TPSA) is 136 Å². The highest BCUT2D eigenvalue weighted by Gasteiger charge is 1.86. The van der Waals surface area contributed by atoms with Crippen molar-refractivity contribution in [3.05, 3.63) is 28.4 Å². The predicted molar refractivity (Wildman–Crippen MR) is 49.0 cm³/mol. The number of rotatable bonds is 1. The minimum Gasteiger partial charge on any atom is -0.369 e. The third-order valence-corrected chi connectivity index (χ3v) is 1.05. The molecule has 0 saturated heterocycles. The Labute approximate surface area is 84.8 Å². The molecule has 0 aliphatic carbocycles. The number of nitrogens with two attached hydrogens (primary N) is 1. The van der Waals surface area contributed by atoms with E-state index in [0.717, 1.165) is 0 Å². The maximum Gasteiger partial charge on any atom is 0.344 e. The van der Waals surface area contributed by atoms with Gasteiger partial charge in [0.25, 0.3) is 0 Å². The molecule has 0 aliphatic rings. The molecule has 0 saturated carbocycles. The molecule has 1 aromatic rings. The lowest BCUT2D eigenvalue weighted by atomic mass is 10.4. The first-order chi connectivity index (χ1) is 7.10. The van der Waals surface area contributed by atoms with Gasteiger partial charge in [-0.2, -0.15) is 10.5 Å². The molecule has 76 valence electrons. The van der Waals surface area contributed by atoms with Crippen LogP contribution in [-0.4, -0.2) is 15.9 Å². The molecule has 0 spiro atoms. The van der Waals surface area contributed by atoms with Gasteiger partial charge in [-0.05, 0) is 0 Å². The highest BCUT2D eigenvalue weighted by molar-refractivity contribution is 5.75. The van der Waals surface area contributed by atoms with E-state index >= 15 is 0 Å². The highest BCUT2D eigenvalue weighted by Crippen LogP contribution is 1.83. The van der Waals surface area contributed by atoms with Crippen LogP contribution in [0.15, 0.2) is 17.2 Å². The quantitative estimate of drug-likeness (QED) is 0.607. The zero-order chi connectivity index (χ0) is 11.7. The molecule has 15 heavy (non-hydrogen) atoms. The maximum absolute atomic E-state index is 10.3. The fraction of sp³-hybridized carbons (Fsp3) is 0.125. The summed E-state index contributed by atoms with van der Waals surface area (Å²) in [4.78, 5) is 25.4. The van der Waals surface area contributed by atoms with Crippen molar-refractivity contribution in [1.82, 2.24) is 9.97 Å². The molecule has 7 heteroatoms. The lowest BCUT2D eigenvalue weighted by molar-refractivity contribution is -0.117. The third kappa shape index (κ3) is 6.49. The summed E-state index contributed by atoms with van der Waals surface area (Å²) in [6, 6.07) is 3.41. The highest BCUT2D eigenvalue weighted by atomic mass is 16.1. The van der Waals surface area contributed by atoms with Gasteiger partial charge in [0.15, 0.2) is 0 Å². The number of aromatic amines is 1. The molecule has 0 aliphatic heterocycles. The first kappa shape index (κ1) is 12.3. The van der Waals surface area contributed by atoms with Crippen LogP contribution >= 0.6 is 0 Å². The predicted octanol–water partition coefficient (Wildman–Crippen LogP) is -0.973. The molecule has 0 bridgehead atoms. The molecule has 0 fully saturated rings. The molecule has 3 N–H and O–H groups in total. The molecule has 7 nitrogen and oxygen atoms in total. The van der Waals surface area contributed by atoms with Crippen LogP contribution in [0, 0.1) is 22.7 Å². The van der Waals surface area contributed by atoms with Crippen molar-refractivity contribution < 1.29 is 4.79 Å². The monoisotopic (exact) mass is 205 g/mol. The molecule has 1 rings (SSSR count). The average molecular weight is 205 g/mol. The second-order valence-electron chi connectivity index (χ2n) is 2.22. The summed E-state index contributed by atoms with van der Waals surface area (Å²) < 4.78 is 0. The van der Waals surface area contributed by atoms with Crippen LogP contribution in [0.3, 0.4) is 0 Å². The SMILES string of the molecule is N#CCC(N)=O.N#Cc1cnc(=O)[nH]c1.